The maximum atomic E-state index is 12.1. The minimum absolute atomic E-state index is 0.107. The summed E-state index contributed by atoms with van der Waals surface area (Å²) >= 11 is 1.24. The Morgan fingerprint density at radius 2 is 2.04 bits per heavy atom. The normalized spacial score (nSPS) is 10.5. The van der Waals surface area contributed by atoms with E-state index in [1.165, 1.54) is 11.3 Å². The number of nitrogens with one attached hydrogen (secondary N) is 1. The average molecular weight is 343 g/mol. The number of aromatic nitrogens is 2. The van der Waals surface area contributed by atoms with Crippen molar-refractivity contribution < 1.29 is 19.2 Å². The van der Waals surface area contributed by atoms with Crippen LogP contribution in [-0.4, -0.2) is 27.1 Å². The van der Waals surface area contributed by atoms with Gasteiger partial charge in [0.2, 0.25) is 11.8 Å². The van der Waals surface area contributed by atoms with E-state index < -0.39 is 5.97 Å². The van der Waals surface area contributed by atoms with Gasteiger partial charge in [0.1, 0.15) is 5.01 Å². The molecule has 0 saturated heterocycles. The molecule has 0 fully saturated rings. The number of hydrogen-bond acceptors (Lipinski definition) is 6. The van der Waals surface area contributed by atoms with Crippen molar-refractivity contribution in [2.45, 2.75) is 12.8 Å². The smallest absolute Gasteiger partial charge is 0.343 e. The van der Waals surface area contributed by atoms with E-state index >= 15 is 0 Å². The van der Waals surface area contributed by atoms with Crippen LogP contribution in [0.15, 0.2) is 46.4 Å². The summed E-state index contributed by atoms with van der Waals surface area (Å²) in [7, 11) is 0. The number of amides is 1. The molecule has 1 amide bonds. The predicted octanol–water partition coefficient (Wildman–Crippen LogP) is 3.07. The highest BCUT2D eigenvalue weighted by atomic mass is 32.1. The first-order valence-corrected chi connectivity index (χ1v) is 7.99. The first-order chi connectivity index (χ1) is 11.6. The minimum atomic E-state index is -1.24. The number of nitrogens with zero attached hydrogens (tertiary/aromatic N) is 2. The number of carbonyl (C=O) groups is 2. The molecule has 0 atom stereocenters. The lowest BCUT2D eigenvalue weighted by molar-refractivity contribution is -0.116. The molecule has 3 aromatic rings. The monoisotopic (exact) mass is 343 g/mol. The molecule has 3 rings (SSSR count). The quantitative estimate of drug-likeness (QED) is 0.712. The van der Waals surface area contributed by atoms with Crippen LogP contribution >= 0.6 is 11.3 Å². The molecule has 0 aliphatic rings. The van der Waals surface area contributed by atoms with E-state index in [0.717, 1.165) is 5.56 Å². The largest absolute Gasteiger partial charge is 0.477 e. The first kappa shape index (κ1) is 15.9. The number of aromatic carboxylic acids is 1. The topological polar surface area (TPSA) is 105 Å². The number of rotatable bonds is 6. The summed E-state index contributed by atoms with van der Waals surface area (Å²) in [6, 6.07) is 9.53. The van der Waals surface area contributed by atoms with Gasteiger partial charge in [0.15, 0.2) is 11.3 Å². The number of anilines is 1. The second-order valence-electron chi connectivity index (χ2n) is 4.91. The summed E-state index contributed by atoms with van der Waals surface area (Å²) in [6.45, 7) is 0. The molecule has 1 aromatic carbocycles. The van der Waals surface area contributed by atoms with Gasteiger partial charge in [-0.2, -0.15) is 0 Å². The van der Waals surface area contributed by atoms with Crippen LogP contribution in [0.5, 0.6) is 0 Å². The number of aryl methyl sites for hydroxylation is 1. The zero-order chi connectivity index (χ0) is 16.9. The van der Waals surface area contributed by atoms with Gasteiger partial charge in [0.05, 0.1) is 0 Å². The molecule has 8 heteroatoms. The van der Waals surface area contributed by atoms with Gasteiger partial charge >= 0.3 is 5.97 Å². The highest BCUT2D eigenvalue weighted by Gasteiger charge is 2.26. The molecule has 7 nitrogen and oxygen atoms in total. The Morgan fingerprint density at radius 3 is 2.71 bits per heavy atom. The summed E-state index contributed by atoms with van der Waals surface area (Å²) < 4.78 is 5.01. The van der Waals surface area contributed by atoms with Crippen molar-refractivity contribution in [2.24, 2.45) is 0 Å². The van der Waals surface area contributed by atoms with E-state index in [1.807, 2.05) is 30.3 Å². The van der Waals surface area contributed by atoms with Gasteiger partial charge in [-0.05, 0) is 12.0 Å². The molecule has 0 radical (unpaired) electrons. The molecule has 0 aliphatic carbocycles. The van der Waals surface area contributed by atoms with E-state index in [-0.39, 0.29) is 29.5 Å². The average Bonchev–Trinajstić information content (AvgIpc) is 3.23. The van der Waals surface area contributed by atoms with Crippen LogP contribution in [0.1, 0.15) is 22.3 Å². The highest BCUT2D eigenvalue weighted by Crippen LogP contribution is 2.30. The fraction of sp³-hybridized carbons (Fsp3) is 0.125. The second kappa shape index (κ2) is 7.05. The van der Waals surface area contributed by atoms with Gasteiger partial charge in [0, 0.05) is 18.0 Å². The highest BCUT2D eigenvalue weighted by molar-refractivity contribution is 7.13. The van der Waals surface area contributed by atoms with E-state index in [4.69, 9.17) is 4.52 Å². The summed E-state index contributed by atoms with van der Waals surface area (Å²) in [4.78, 5) is 27.6. The van der Waals surface area contributed by atoms with Crippen LogP contribution in [0, 0.1) is 0 Å². The van der Waals surface area contributed by atoms with Crippen LogP contribution in [0.2, 0.25) is 0 Å². The molecule has 2 N–H and O–H groups in total. The predicted molar refractivity (Wildman–Crippen MR) is 88.0 cm³/mol. The summed E-state index contributed by atoms with van der Waals surface area (Å²) in [5, 5.41) is 17.7. The molecule has 0 aliphatic heterocycles. The summed E-state index contributed by atoms with van der Waals surface area (Å²) in [5.74, 6) is -1.76. The molecule has 0 spiro atoms. The van der Waals surface area contributed by atoms with Crippen LogP contribution in [0.3, 0.4) is 0 Å². The Bertz CT molecular complexity index is 844. The van der Waals surface area contributed by atoms with E-state index in [1.54, 1.807) is 11.6 Å². The fourth-order valence-corrected chi connectivity index (χ4v) is 2.78. The molecule has 0 bridgehead atoms. The molecule has 2 aromatic heterocycles. The maximum Gasteiger partial charge on any atom is 0.343 e. The van der Waals surface area contributed by atoms with Crippen molar-refractivity contribution in [2.75, 3.05) is 5.32 Å². The van der Waals surface area contributed by atoms with Crippen LogP contribution in [0.25, 0.3) is 10.7 Å². The minimum Gasteiger partial charge on any atom is -0.477 e. The van der Waals surface area contributed by atoms with Gasteiger partial charge < -0.3 is 9.63 Å². The first-order valence-electron chi connectivity index (χ1n) is 7.11. The van der Waals surface area contributed by atoms with Gasteiger partial charge in [-0.25, -0.2) is 9.78 Å². The number of carbonyl (C=O) groups excluding carboxylic acids is 1. The van der Waals surface area contributed by atoms with Crippen molar-refractivity contribution in [3.05, 3.63) is 53.0 Å². The van der Waals surface area contributed by atoms with Crippen LogP contribution in [-0.2, 0) is 11.2 Å². The number of benzene rings is 1. The van der Waals surface area contributed by atoms with Gasteiger partial charge in [-0.3, -0.25) is 10.1 Å². The third-order valence-electron chi connectivity index (χ3n) is 3.28. The SMILES string of the molecule is O=C(CCc1ccccc1)Nc1onc(-c2nccs2)c1C(=O)O. The summed E-state index contributed by atoms with van der Waals surface area (Å²) in [5.41, 5.74) is 0.932. The zero-order valence-corrected chi connectivity index (χ0v) is 13.2. The van der Waals surface area contributed by atoms with Crippen molar-refractivity contribution in [3.63, 3.8) is 0 Å². The Kier molecular flexibility index (Phi) is 4.66. The second-order valence-corrected chi connectivity index (χ2v) is 5.81. The van der Waals surface area contributed by atoms with Crippen molar-refractivity contribution in [1.29, 1.82) is 0 Å². The Labute approximate surface area is 140 Å². The van der Waals surface area contributed by atoms with Crippen molar-refractivity contribution >= 4 is 29.1 Å². The summed E-state index contributed by atoms with van der Waals surface area (Å²) in [6.07, 6.45) is 2.29. The van der Waals surface area contributed by atoms with Crippen LogP contribution in [0.4, 0.5) is 5.88 Å². The maximum absolute atomic E-state index is 12.1. The molecule has 0 saturated carbocycles. The van der Waals surface area contributed by atoms with E-state index in [0.29, 0.717) is 11.4 Å². The Hall–Kier alpha value is -3.00. The molecule has 0 unspecified atom stereocenters. The molecular weight excluding hydrogens is 330 g/mol. The molecule has 24 heavy (non-hydrogen) atoms. The van der Waals surface area contributed by atoms with Gasteiger partial charge in [-0.1, -0.05) is 35.5 Å². The van der Waals surface area contributed by atoms with Crippen molar-refractivity contribution in [1.82, 2.24) is 10.1 Å². The van der Waals surface area contributed by atoms with Crippen molar-refractivity contribution in [3.8, 4) is 10.7 Å². The van der Waals surface area contributed by atoms with Crippen LogP contribution < -0.4 is 5.32 Å². The Morgan fingerprint density at radius 1 is 1.25 bits per heavy atom. The number of thiazole rings is 1. The zero-order valence-electron chi connectivity index (χ0n) is 12.4. The van der Waals surface area contributed by atoms with E-state index in [2.05, 4.69) is 15.5 Å². The molecular formula is C16H13N3O4S. The lowest BCUT2D eigenvalue weighted by Crippen LogP contribution is -2.14. The third kappa shape index (κ3) is 3.49. The lowest BCUT2D eigenvalue weighted by Gasteiger charge is -2.03. The number of hydrogen-bond donors (Lipinski definition) is 2. The third-order valence-corrected chi connectivity index (χ3v) is 4.06. The number of carboxylic acid groups (broad SMARTS) is 1. The molecule has 122 valence electrons. The standard InChI is InChI=1S/C16H13N3O4S/c20-11(7-6-10-4-2-1-3-5-10)18-14-12(16(21)22)13(19-23-14)15-17-8-9-24-15/h1-5,8-9H,6-7H2,(H,18,20)(H,21,22). The van der Waals surface area contributed by atoms with Gasteiger partial charge in [-0.15, -0.1) is 11.3 Å². The van der Waals surface area contributed by atoms with Gasteiger partial charge in [0.25, 0.3) is 0 Å². The lowest BCUT2D eigenvalue weighted by atomic mass is 10.1. The molecule has 2 heterocycles. The Balaban J connectivity index is 1.73. The number of carboxylic acids is 1. The fourth-order valence-electron chi connectivity index (χ4n) is 2.15. The van der Waals surface area contributed by atoms with E-state index in [9.17, 15) is 14.7 Å².